The van der Waals surface area contributed by atoms with Crippen molar-refractivity contribution in [2.75, 3.05) is 18.6 Å². The summed E-state index contributed by atoms with van der Waals surface area (Å²) in [6.07, 6.45) is 2.67. The zero-order chi connectivity index (χ0) is 14.5. The highest BCUT2D eigenvalue weighted by Gasteiger charge is 2.21. The number of carbonyl (C=O) groups is 1. The SMILES string of the molecule is CSCC[C@@](C)(O)CNC(=O)c1cc(C)ccc1C. The number of aliphatic hydroxyl groups is 1. The van der Waals surface area contributed by atoms with Gasteiger partial charge >= 0.3 is 0 Å². The first-order valence-electron chi connectivity index (χ1n) is 6.42. The molecular formula is C15H23NO2S. The van der Waals surface area contributed by atoms with Gasteiger partial charge in [0.15, 0.2) is 0 Å². The van der Waals surface area contributed by atoms with E-state index < -0.39 is 5.60 Å². The molecule has 0 aliphatic rings. The standard InChI is InChI=1S/C15H23NO2S/c1-11-5-6-12(2)13(9-11)14(17)16-10-15(3,18)7-8-19-4/h5-6,9,18H,7-8,10H2,1-4H3,(H,16,17)/t15-/m1/s1. The number of nitrogens with one attached hydrogen (secondary N) is 1. The van der Waals surface area contributed by atoms with E-state index in [1.807, 2.05) is 38.3 Å². The third kappa shape index (κ3) is 5.25. The monoisotopic (exact) mass is 281 g/mol. The molecule has 4 heteroatoms. The number of hydrogen-bond donors (Lipinski definition) is 2. The van der Waals surface area contributed by atoms with Crippen LogP contribution in [0.1, 0.15) is 34.8 Å². The molecule has 0 unspecified atom stereocenters. The van der Waals surface area contributed by atoms with Gasteiger partial charge in [0.2, 0.25) is 0 Å². The maximum Gasteiger partial charge on any atom is 0.251 e. The molecule has 0 spiro atoms. The fraction of sp³-hybridized carbons (Fsp3) is 0.533. The van der Waals surface area contributed by atoms with Crippen molar-refractivity contribution in [3.63, 3.8) is 0 Å². The van der Waals surface area contributed by atoms with Gasteiger partial charge in [-0.1, -0.05) is 17.7 Å². The molecule has 0 saturated carbocycles. The minimum Gasteiger partial charge on any atom is -0.388 e. The quantitative estimate of drug-likeness (QED) is 0.842. The summed E-state index contributed by atoms with van der Waals surface area (Å²) < 4.78 is 0. The van der Waals surface area contributed by atoms with Crippen LogP contribution in [0.5, 0.6) is 0 Å². The van der Waals surface area contributed by atoms with Crippen LogP contribution in [-0.4, -0.2) is 35.2 Å². The molecular weight excluding hydrogens is 258 g/mol. The van der Waals surface area contributed by atoms with Crippen molar-refractivity contribution in [3.8, 4) is 0 Å². The van der Waals surface area contributed by atoms with E-state index >= 15 is 0 Å². The van der Waals surface area contributed by atoms with Crippen LogP contribution >= 0.6 is 11.8 Å². The molecule has 0 bridgehead atoms. The molecule has 1 aromatic carbocycles. The molecule has 0 radical (unpaired) electrons. The summed E-state index contributed by atoms with van der Waals surface area (Å²) >= 11 is 1.69. The molecule has 19 heavy (non-hydrogen) atoms. The zero-order valence-electron chi connectivity index (χ0n) is 12.1. The van der Waals surface area contributed by atoms with E-state index in [-0.39, 0.29) is 12.5 Å². The van der Waals surface area contributed by atoms with Crippen LogP contribution in [0.2, 0.25) is 0 Å². The van der Waals surface area contributed by atoms with Crippen LogP contribution in [0.3, 0.4) is 0 Å². The first-order valence-corrected chi connectivity index (χ1v) is 7.82. The van der Waals surface area contributed by atoms with Crippen LogP contribution in [0, 0.1) is 13.8 Å². The van der Waals surface area contributed by atoms with Gasteiger partial charge in [-0.3, -0.25) is 4.79 Å². The van der Waals surface area contributed by atoms with Crippen molar-refractivity contribution < 1.29 is 9.90 Å². The summed E-state index contributed by atoms with van der Waals surface area (Å²) in [5, 5.41) is 13.0. The Balaban J connectivity index is 2.62. The average molecular weight is 281 g/mol. The minimum atomic E-state index is -0.851. The fourth-order valence-corrected chi connectivity index (χ4v) is 2.40. The van der Waals surface area contributed by atoms with E-state index in [4.69, 9.17) is 0 Å². The van der Waals surface area contributed by atoms with Crippen LogP contribution in [0.25, 0.3) is 0 Å². The predicted octanol–water partition coefficient (Wildman–Crippen LogP) is 2.54. The number of hydrogen-bond acceptors (Lipinski definition) is 3. The lowest BCUT2D eigenvalue weighted by molar-refractivity contribution is 0.0528. The lowest BCUT2D eigenvalue weighted by atomic mass is 10.0. The Bertz CT molecular complexity index is 444. The molecule has 1 rings (SSSR count). The molecule has 0 aromatic heterocycles. The Hall–Kier alpha value is -1.00. The smallest absolute Gasteiger partial charge is 0.251 e. The van der Waals surface area contributed by atoms with Gasteiger partial charge in [-0.15, -0.1) is 0 Å². The lowest BCUT2D eigenvalue weighted by Gasteiger charge is -2.23. The molecule has 0 aliphatic carbocycles. The third-order valence-corrected chi connectivity index (χ3v) is 3.72. The summed E-state index contributed by atoms with van der Waals surface area (Å²) in [4.78, 5) is 12.1. The molecule has 1 amide bonds. The fourth-order valence-electron chi connectivity index (χ4n) is 1.76. The molecule has 0 heterocycles. The van der Waals surface area contributed by atoms with Crippen molar-refractivity contribution in [2.24, 2.45) is 0 Å². The van der Waals surface area contributed by atoms with E-state index in [1.165, 1.54) is 0 Å². The van der Waals surface area contributed by atoms with E-state index in [9.17, 15) is 9.90 Å². The lowest BCUT2D eigenvalue weighted by Crippen LogP contribution is -2.41. The Morgan fingerprint density at radius 1 is 1.42 bits per heavy atom. The van der Waals surface area contributed by atoms with Gasteiger partial charge in [0.1, 0.15) is 0 Å². The van der Waals surface area contributed by atoms with Crippen LogP contribution in [-0.2, 0) is 0 Å². The highest BCUT2D eigenvalue weighted by Crippen LogP contribution is 2.13. The normalized spacial score (nSPS) is 13.9. The highest BCUT2D eigenvalue weighted by molar-refractivity contribution is 7.98. The summed E-state index contributed by atoms with van der Waals surface area (Å²) in [6.45, 7) is 5.91. The van der Waals surface area contributed by atoms with Gasteiger partial charge in [-0.05, 0) is 50.8 Å². The topological polar surface area (TPSA) is 49.3 Å². The van der Waals surface area contributed by atoms with Crippen molar-refractivity contribution in [2.45, 2.75) is 32.8 Å². The van der Waals surface area contributed by atoms with Crippen molar-refractivity contribution >= 4 is 17.7 Å². The minimum absolute atomic E-state index is 0.120. The number of benzene rings is 1. The van der Waals surface area contributed by atoms with Gasteiger partial charge in [0.25, 0.3) is 5.91 Å². The van der Waals surface area contributed by atoms with Crippen LogP contribution < -0.4 is 5.32 Å². The summed E-state index contributed by atoms with van der Waals surface area (Å²) in [5.41, 5.74) is 1.84. The van der Waals surface area contributed by atoms with Gasteiger partial charge < -0.3 is 10.4 Å². The van der Waals surface area contributed by atoms with Gasteiger partial charge in [0, 0.05) is 12.1 Å². The number of amides is 1. The van der Waals surface area contributed by atoms with Gasteiger partial charge in [0.05, 0.1) is 5.60 Å². The molecule has 2 N–H and O–H groups in total. The highest BCUT2D eigenvalue weighted by atomic mass is 32.2. The Morgan fingerprint density at radius 3 is 2.74 bits per heavy atom. The summed E-state index contributed by atoms with van der Waals surface area (Å²) in [5.74, 6) is 0.762. The summed E-state index contributed by atoms with van der Waals surface area (Å²) in [6, 6.07) is 5.80. The van der Waals surface area contributed by atoms with Crippen molar-refractivity contribution in [3.05, 3.63) is 34.9 Å². The van der Waals surface area contributed by atoms with Gasteiger partial charge in [-0.2, -0.15) is 11.8 Å². The zero-order valence-corrected chi connectivity index (χ0v) is 12.9. The molecule has 106 valence electrons. The largest absolute Gasteiger partial charge is 0.388 e. The number of aryl methyl sites for hydroxylation is 2. The second-order valence-corrected chi connectivity index (χ2v) is 6.23. The molecule has 3 nitrogen and oxygen atoms in total. The van der Waals surface area contributed by atoms with Crippen molar-refractivity contribution in [1.29, 1.82) is 0 Å². The Labute approximate surface area is 119 Å². The summed E-state index contributed by atoms with van der Waals surface area (Å²) in [7, 11) is 0. The third-order valence-electron chi connectivity index (χ3n) is 3.11. The molecule has 0 fully saturated rings. The van der Waals surface area contributed by atoms with E-state index in [1.54, 1.807) is 18.7 Å². The predicted molar refractivity (Wildman–Crippen MR) is 81.9 cm³/mol. The van der Waals surface area contributed by atoms with E-state index in [2.05, 4.69) is 5.32 Å². The number of carbonyl (C=O) groups excluding carboxylic acids is 1. The Morgan fingerprint density at radius 2 is 2.11 bits per heavy atom. The molecule has 0 saturated heterocycles. The average Bonchev–Trinajstić information content (AvgIpc) is 2.36. The number of thioether (sulfide) groups is 1. The second kappa shape index (κ2) is 6.96. The Kier molecular flexibility index (Phi) is 5.88. The first-order chi connectivity index (χ1) is 8.85. The van der Waals surface area contributed by atoms with Crippen molar-refractivity contribution in [1.82, 2.24) is 5.32 Å². The molecule has 1 atom stereocenters. The molecule has 1 aromatic rings. The van der Waals surface area contributed by atoms with Gasteiger partial charge in [-0.25, -0.2) is 0 Å². The second-order valence-electron chi connectivity index (χ2n) is 5.24. The van der Waals surface area contributed by atoms with E-state index in [0.717, 1.165) is 16.9 Å². The van der Waals surface area contributed by atoms with E-state index in [0.29, 0.717) is 12.0 Å². The van der Waals surface area contributed by atoms with Crippen LogP contribution in [0.15, 0.2) is 18.2 Å². The molecule has 0 aliphatic heterocycles. The van der Waals surface area contributed by atoms with Crippen LogP contribution in [0.4, 0.5) is 0 Å². The maximum atomic E-state index is 12.1. The number of rotatable bonds is 6. The first kappa shape index (κ1) is 16.1. The maximum absolute atomic E-state index is 12.1.